The molecule has 1 aliphatic carbocycles. The average molecular weight is 197 g/mol. The van der Waals surface area contributed by atoms with E-state index in [9.17, 15) is 0 Å². The Balaban J connectivity index is 1.86. The van der Waals surface area contributed by atoms with Gasteiger partial charge in [-0.1, -0.05) is 0 Å². The van der Waals surface area contributed by atoms with Crippen LogP contribution in [0.1, 0.15) is 26.2 Å². The molecule has 0 spiro atoms. The lowest BCUT2D eigenvalue weighted by Crippen LogP contribution is -2.45. The molecule has 1 saturated carbocycles. The van der Waals surface area contributed by atoms with Crippen molar-refractivity contribution in [1.82, 2.24) is 5.32 Å². The first-order valence-electron chi connectivity index (χ1n) is 5.49. The Labute approximate surface area is 84.9 Å². The summed E-state index contributed by atoms with van der Waals surface area (Å²) in [7, 11) is 0. The van der Waals surface area contributed by atoms with Gasteiger partial charge in [-0.15, -0.1) is 0 Å². The second-order valence-electron chi connectivity index (χ2n) is 4.07. The standard InChI is InChI=1S/C10H19N3O/c1-2-12-10(11)13-8-5-6-14-9(8)7-3-4-7/h7-9H,2-6H2,1H3,(H3,11,12,13). The molecule has 2 atom stereocenters. The topological polar surface area (TPSA) is 59.6 Å². The Morgan fingerprint density at radius 1 is 1.50 bits per heavy atom. The van der Waals surface area contributed by atoms with Crippen molar-refractivity contribution in [2.75, 3.05) is 13.2 Å². The first-order chi connectivity index (χ1) is 6.81. The third kappa shape index (κ3) is 2.18. The van der Waals surface area contributed by atoms with Crippen molar-refractivity contribution < 1.29 is 4.74 Å². The van der Waals surface area contributed by atoms with Crippen LogP contribution in [0, 0.1) is 5.92 Å². The van der Waals surface area contributed by atoms with Crippen LogP contribution in [0.3, 0.4) is 0 Å². The summed E-state index contributed by atoms with van der Waals surface area (Å²) in [4.78, 5) is 4.13. The molecule has 80 valence electrons. The Kier molecular flexibility index (Phi) is 2.91. The largest absolute Gasteiger partial charge is 0.376 e. The monoisotopic (exact) mass is 197 g/mol. The zero-order chi connectivity index (χ0) is 9.97. The van der Waals surface area contributed by atoms with E-state index < -0.39 is 0 Å². The molecule has 14 heavy (non-hydrogen) atoms. The Hall–Kier alpha value is -0.770. The molecule has 2 unspecified atom stereocenters. The van der Waals surface area contributed by atoms with Crippen molar-refractivity contribution >= 4 is 5.96 Å². The number of hydrogen-bond acceptors (Lipinski definition) is 2. The highest BCUT2D eigenvalue weighted by Crippen LogP contribution is 2.38. The van der Waals surface area contributed by atoms with Gasteiger partial charge in [0, 0.05) is 13.2 Å². The number of hydrogen-bond donors (Lipinski definition) is 2. The van der Waals surface area contributed by atoms with E-state index in [2.05, 4.69) is 10.3 Å². The van der Waals surface area contributed by atoms with E-state index in [1.54, 1.807) is 0 Å². The molecule has 3 N–H and O–H groups in total. The lowest BCUT2D eigenvalue weighted by molar-refractivity contribution is 0.0842. The van der Waals surface area contributed by atoms with E-state index in [0.717, 1.165) is 25.5 Å². The fraction of sp³-hybridized carbons (Fsp3) is 0.900. The van der Waals surface area contributed by atoms with Crippen LogP contribution in [0.4, 0.5) is 0 Å². The van der Waals surface area contributed by atoms with Crippen molar-refractivity contribution in [3.8, 4) is 0 Å². The second-order valence-corrected chi connectivity index (χ2v) is 4.07. The van der Waals surface area contributed by atoms with Crippen molar-refractivity contribution in [3.63, 3.8) is 0 Å². The maximum Gasteiger partial charge on any atom is 0.188 e. The molecule has 0 amide bonds. The zero-order valence-electron chi connectivity index (χ0n) is 8.70. The summed E-state index contributed by atoms with van der Waals surface area (Å²) in [6, 6.07) is 0.387. The molecule has 1 saturated heterocycles. The van der Waals surface area contributed by atoms with Gasteiger partial charge in [-0.05, 0) is 32.1 Å². The smallest absolute Gasteiger partial charge is 0.188 e. The van der Waals surface area contributed by atoms with Crippen molar-refractivity contribution in [2.24, 2.45) is 16.6 Å². The van der Waals surface area contributed by atoms with E-state index in [1.165, 1.54) is 12.8 Å². The summed E-state index contributed by atoms with van der Waals surface area (Å²) in [5, 5.41) is 3.25. The van der Waals surface area contributed by atoms with Crippen molar-refractivity contribution in [2.45, 2.75) is 38.3 Å². The van der Waals surface area contributed by atoms with E-state index in [1.807, 2.05) is 6.92 Å². The van der Waals surface area contributed by atoms with Crippen LogP contribution in [0.15, 0.2) is 4.99 Å². The predicted octanol–water partition coefficient (Wildman–Crippen LogP) is 0.478. The molecule has 2 aliphatic rings. The van der Waals surface area contributed by atoms with Crippen LogP contribution >= 0.6 is 0 Å². The Bertz CT molecular complexity index is 225. The molecule has 0 aromatic carbocycles. The third-order valence-electron chi connectivity index (χ3n) is 2.88. The zero-order valence-corrected chi connectivity index (χ0v) is 8.70. The van der Waals surface area contributed by atoms with Gasteiger partial charge in [0.25, 0.3) is 0 Å². The summed E-state index contributed by atoms with van der Waals surface area (Å²) in [5.41, 5.74) is 5.73. The van der Waals surface area contributed by atoms with Crippen LogP contribution in [0.5, 0.6) is 0 Å². The number of guanidine groups is 1. The van der Waals surface area contributed by atoms with Crippen LogP contribution < -0.4 is 11.1 Å². The quantitative estimate of drug-likeness (QED) is 0.511. The molecule has 0 bridgehead atoms. The minimum atomic E-state index is 0.376. The van der Waals surface area contributed by atoms with Gasteiger partial charge in [0.2, 0.25) is 0 Å². The average Bonchev–Trinajstić information content (AvgIpc) is 2.89. The van der Waals surface area contributed by atoms with Crippen LogP contribution in [-0.4, -0.2) is 31.3 Å². The number of nitrogens with two attached hydrogens (primary N) is 1. The van der Waals surface area contributed by atoms with E-state index >= 15 is 0 Å². The molecule has 2 rings (SSSR count). The lowest BCUT2D eigenvalue weighted by atomic mass is 10.1. The van der Waals surface area contributed by atoms with Crippen molar-refractivity contribution in [1.29, 1.82) is 0 Å². The Morgan fingerprint density at radius 2 is 2.29 bits per heavy atom. The molecular formula is C10H19N3O. The van der Waals surface area contributed by atoms with Gasteiger partial charge in [-0.3, -0.25) is 4.99 Å². The molecule has 0 radical (unpaired) electrons. The molecule has 4 heteroatoms. The maximum atomic E-state index is 5.73. The maximum absolute atomic E-state index is 5.73. The molecule has 2 fully saturated rings. The predicted molar refractivity (Wildman–Crippen MR) is 56.2 cm³/mol. The van der Waals surface area contributed by atoms with Crippen LogP contribution in [0.25, 0.3) is 0 Å². The number of nitrogens with one attached hydrogen (secondary N) is 1. The first kappa shape index (κ1) is 9.77. The normalized spacial score (nSPS) is 33.4. The minimum absolute atomic E-state index is 0.376. The van der Waals surface area contributed by atoms with Gasteiger partial charge in [0.1, 0.15) is 0 Å². The van der Waals surface area contributed by atoms with E-state index in [0.29, 0.717) is 18.1 Å². The summed E-state index contributed by atoms with van der Waals surface area (Å²) < 4.78 is 5.70. The highest BCUT2D eigenvalue weighted by atomic mass is 16.5. The highest BCUT2D eigenvalue weighted by Gasteiger charge is 2.40. The van der Waals surface area contributed by atoms with Crippen LogP contribution in [-0.2, 0) is 4.74 Å². The lowest BCUT2D eigenvalue weighted by Gasteiger charge is -2.19. The fourth-order valence-electron chi connectivity index (χ4n) is 2.06. The fourth-order valence-corrected chi connectivity index (χ4v) is 2.06. The van der Waals surface area contributed by atoms with E-state index in [4.69, 9.17) is 10.5 Å². The highest BCUT2D eigenvalue weighted by molar-refractivity contribution is 5.78. The number of aliphatic imine (C=N–C) groups is 1. The third-order valence-corrected chi connectivity index (χ3v) is 2.88. The minimum Gasteiger partial charge on any atom is -0.376 e. The first-order valence-corrected chi connectivity index (χ1v) is 5.49. The van der Waals surface area contributed by atoms with Gasteiger partial charge >= 0.3 is 0 Å². The number of rotatable bonds is 3. The Morgan fingerprint density at radius 3 is 2.93 bits per heavy atom. The molecule has 4 nitrogen and oxygen atoms in total. The summed E-state index contributed by atoms with van der Waals surface area (Å²) >= 11 is 0. The molecule has 1 heterocycles. The van der Waals surface area contributed by atoms with E-state index in [-0.39, 0.29) is 0 Å². The van der Waals surface area contributed by atoms with Gasteiger partial charge in [-0.2, -0.15) is 0 Å². The summed E-state index contributed by atoms with van der Waals surface area (Å²) in [5.74, 6) is 1.33. The van der Waals surface area contributed by atoms with Gasteiger partial charge in [-0.25, -0.2) is 0 Å². The number of ether oxygens (including phenoxy) is 1. The molecule has 1 aliphatic heterocycles. The number of nitrogens with zero attached hydrogens (tertiary/aromatic N) is 1. The van der Waals surface area contributed by atoms with Gasteiger partial charge < -0.3 is 15.8 Å². The SMILES string of the molecule is CCN=C(N)NC1CCOC1C1CC1. The van der Waals surface area contributed by atoms with Gasteiger partial charge in [0.15, 0.2) is 5.96 Å². The molecule has 0 aromatic heterocycles. The van der Waals surface area contributed by atoms with Gasteiger partial charge in [0.05, 0.1) is 12.1 Å². The second kappa shape index (κ2) is 4.17. The van der Waals surface area contributed by atoms with Crippen LogP contribution in [0.2, 0.25) is 0 Å². The van der Waals surface area contributed by atoms with Crippen molar-refractivity contribution in [3.05, 3.63) is 0 Å². The summed E-state index contributed by atoms with van der Waals surface area (Å²) in [6.45, 7) is 3.58. The summed E-state index contributed by atoms with van der Waals surface area (Å²) in [6.07, 6.45) is 4.06. The molecular weight excluding hydrogens is 178 g/mol. The molecule has 0 aromatic rings.